The zero-order valence-corrected chi connectivity index (χ0v) is 8.97. The first kappa shape index (κ1) is 11.3. The summed E-state index contributed by atoms with van der Waals surface area (Å²) in [4.78, 5) is 8.89. The van der Waals surface area contributed by atoms with Gasteiger partial charge in [-0.05, 0) is 51.9 Å². The van der Waals surface area contributed by atoms with Gasteiger partial charge in [0.2, 0.25) is 0 Å². The van der Waals surface area contributed by atoms with Crippen LogP contribution in [0.3, 0.4) is 0 Å². The topological polar surface area (TPSA) is 40.1 Å². The monoisotopic (exact) mass is 195 g/mol. The summed E-state index contributed by atoms with van der Waals surface area (Å²) in [6.07, 6.45) is 11.6. The Hall–Kier alpha value is -0.790. The highest BCUT2D eigenvalue weighted by Crippen LogP contribution is 2.35. The smallest absolute Gasteiger partial charge is 0.0383 e. The predicted octanol–water partition coefficient (Wildman–Crippen LogP) is 2.19. The van der Waals surface area contributed by atoms with Crippen LogP contribution in [0.1, 0.15) is 58.3 Å². The van der Waals surface area contributed by atoms with Crippen LogP contribution in [0.4, 0.5) is 0 Å². The van der Waals surface area contributed by atoms with E-state index in [1.54, 1.807) is 0 Å². The fourth-order valence-electron chi connectivity index (χ4n) is 2.33. The van der Waals surface area contributed by atoms with Gasteiger partial charge < -0.3 is 9.90 Å². The summed E-state index contributed by atoms with van der Waals surface area (Å²) in [6, 6.07) is 0. The van der Waals surface area contributed by atoms with Crippen molar-refractivity contribution in [3.8, 4) is 0 Å². The van der Waals surface area contributed by atoms with Gasteiger partial charge in [0.05, 0.1) is 0 Å². The lowest BCUT2D eigenvalue weighted by atomic mass is 10.1. The summed E-state index contributed by atoms with van der Waals surface area (Å²) >= 11 is 0. The molecule has 0 aromatic heterocycles. The molecule has 0 saturated heterocycles. The standard InChI is InChI=1S/C10H16.C2H4O2/c1-2-5-9-7-4-8-10(9)6-3-1;1-2(3)4/h1-8H2;1H3,(H,3,4)/p-1. The molecular formula is C12H19O2-. The van der Waals surface area contributed by atoms with Crippen molar-refractivity contribution in [2.45, 2.75) is 58.3 Å². The number of carbonyl (C=O) groups excluding carboxylic acids is 1. The molecule has 2 heteroatoms. The van der Waals surface area contributed by atoms with E-state index in [9.17, 15) is 0 Å². The van der Waals surface area contributed by atoms with Crippen LogP contribution in [0.2, 0.25) is 0 Å². The molecule has 80 valence electrons. The Bertz CT molecular complexity index is 208. The average molecular weight is 195 g/mol. The molecule has 14 heavy (non-hydrogen) atoms. The molecule has 2 aliphatic carbocycles. The predicted molar refractivity (Wildman–Crippen MR) is 54.6 cm³/mol. The second-order valence-electron chi connectivity index (χ2n) is 4.11. The van der Waals surface area contributed by atoms with Crippen molar-refractivity contribution in [3.63, 3.8) is 0 Å². The minimum absolute atomic E-state index is 0.972. The molecule has 2 rings (SSSR count). The number of carboxylic acids is 1. The zero-order valence-electron chi connectivity index (χ0n) is 8.97. The van der Waals surface area contributed by atoms with Crippen molar-refractivity contribution in [1.82, 2.24) is 0 Å². The summed E-state index contributed by atoms with van der Waals surface area (Å²) in [5, 5.41) is 8.89. The maximum Gasteiger partial charge on any atom is 0.0383 e. The van der Waals surface area contributed by atoms with Crippen LogP contribution in [0.25, 0.3) is 0 Å². The molecule has 0 fully saturated rings. The Kier molecular flexibility index (Phi) is 4.71. The van der Waals surface area contributed by atoms with Crippen LogP contribution in [-0.4, -0.2) is 5.97 Å². The van der Waals surface area contributed by atoms with Crippen molar-refractivity contribution in [2.75, 3.05) is 0 Å². The van der Waals surface area contributed by atoms with Gasteiger partial charge in [0.15, 0.2) is 0 Å². The number of allylic oxidation sites excluding steroid dienone is 2. The second-order valence-corrected chi connectivity index (χ2v) is 4.11. The van der Waals surface area contributed by atoms with Gasteiger partial charge in [-0.15, -0.1) is 0 Å². The largest absolute Gasteiger partial charge is 0.550 e. The molecule has 2 aliphatic rings. The van der Waals surface area contributed by atoms with E-state index in [1.807, 2.05) is 11.1 Å². The maximum absolute atomic E-state index is 8.89. The first-order valence-electron chi connectivity index (χ1n) is 5.57. The lowest BCUT2D eigenvalue weighted by molar-refractivity contribution is -0.302. The second kappa shape index (κ2) is 5.84. The van der Waals surface area contributed by atoms with Crippen LogP contribution < -0.4 is 5.11 Å². The highest BCUT2D eigenvalue weighted by Gasteiger charge is 2.15. The van der Waals surface area contributed by atoms with Crippen LogP contribution in [0.5, 0.6) is 0 Å². The van der Waals surface area contributed by atoms with E-state index >= 15 is 0 Å². The molecule has 0 radical (unpaired) electrons. The number of carbonyl (C=O) groups is 1. The molecule has 0 atom stereocenters. The van der Waals surface area contributed by atoms with E-state index in [4.69, 9.17) is 9.90 Å². The SMILES string of the molecule is C1CCC2=C(CC1)CCC2.CC(=O)[O-]. The molecule has 0 saturated carbocycles. The molecule has 0 bridgehead atoms. The molecule has 0 aliphatic heterocycles. The quantitative estimate of drug-likeness (QED) is 0.556. The summed E-state index contributed by atoms with van der Waals surface area (Å²) in [6.45, 7) is 0.972. The Morgan fingerprint density at radius 1 is 0.929 bits per heavy atom. The molecule has 0 spiro atoms. The molecule has 0 N–H and O–H groups in total. The third kappa shape index (κ3) is 3.95. The van der Waals surface area contributed by atoms with E-state index in [0.717, 1.165) is 6.92 Å². The van der Waals surface area contributed by atoms with Gasteiger partial charge in [-0.3, -0.25) is 0 Å². The van der Waals surface area contributed by atoms with Crippen molar-refractivity contribution in [3.05, 3.63) is 11.1 Å². The van der Waals surface area contributed by atoms with E-state index < -0.39 is 5.97 Å². The van der Waals surface area contributed by atoms with Crippen molar-refractivity contribution in [2.24, 2.45) is 0 Å². The highest BCUT2D eigenvalue weighted by atomic mass is 16.4. The van der Waals surface area contributed by atoms with Crippen molar-refractivity contribution >= 4 is 5.97 Å². The van der Waals surface area contributed by atoms with E-state index in [0.29, 0.717) is 0 Å². The number of hydrogen-bond donors (Lipinski definition) is 0. The maximum atomic E-state index is 8.89. The first-order valence-corrected chi connectivity index (χ1v) is 5.57. The molecule has 2 nitrogen and oxygen atoms in total. The van der Waals surface area contributed by atoms with E-state index in [1.165, 1.54) is 51.4 Å². The van der Waals surface area contributed by atoms with Gasteiger partial charge in [-0.2, -0.15) is 0 Å². The average Bonchev–Trinajstić information content (AvgIpc) is 2.42. The lowest BCUT2D eigenvalue weighted by Gasteiger charge is -1.98. The molecular weight excluding hydrogens is 176 g/mol. The van der Waals surface area contributed by atoms with Gasteiger partial charge in [-0.25, -0.2) is 0 Å². The Balaban J connectivity index is 0.000000213. The molecule has 0 heterocycles. The van der Waals surface area contributed by atoms with Gasteiger partial charge in [0.25, 0.3) is 0 Å². The fourth-order valence-corrected chi connectivity index (χ4v) is 2.33. The Morgan fingerprint density at radius 2 is 1.29 bits per heavy atom. The molecule has 0 amide bonds. The van der Waals surface area contributed by atoms with Gasteiger partial charge in [0, 0.05) is 5.97 Å². The molecule has 0 aromatic carbocycles. The highest BCUT2D eigenvalue weighted by molar-refractivity contribution is 5.60. The van der Waals surface area contributed by atoms with Crippen molar-refractivity contribution < 1.29 is 9.90 Å². The summed E-state index contributed by atoms with van der Waals surface area (Å²) < 4.78 is 0. The van der Waals surface area contributed by atoms with Gasteiger partial charge in [-0.1, -0.05) is 17.6 Å². The molecule has 0 unspecified atom stereocenters. The van der Waals surface area contributed by atoms with Crippen LogP contribution in [0.15, 0.2) is 11.1 Å². The van der Waals surface area contributed by atoms with Crippen LogP contribution in [0, 0.1) is 0 Å². The summed E-state index contributed by atoms with van der Waals surface area (Å²) in [7, 11) is 0. The fraction of sp³-hybridized carbons (Fsp3) is 0.750. The normalized spacial score (nSPS) is 20.6. The van der Waals surface area contributed by atoms with E-state index in [-0.39, 0.29) is 0 Å². The van der Waals surface area contributed by atoms with Gasteiger partial charge >= 0.3 is 0 Å². The minimum atomic E-state index is -1.08. The summed E-state index contributed by atoms with van der Waals surface area (Å²) in [5.74, 6) is -1.08. The Labute approximate surface area is 86.0 Å². The zero-order chi connectivity index (χ0) is 10.4. The number of carboxylic acid groups (broad SMARTS) is 1. The van der Waals surface area contributed by atoms with Crippen LogP contribution in [-0.2, 0) is 4.79 Å². The lowest BCUT2D eigenvalue weighted by Crippen LogP contribution is -2.16. The van der Waals surface area contributed by atoms with Crippen LogP contribution >= 0.6 is 0 Å². The van der Waals surface area contributed by atoms with Crippen molar-refractivity contribution in [1.29, 1.82) is 0 Å². The number of aliphatic carboxylic acids is 1. The van der Waals surface area contributed by atoms with E-state index in [2.05, 4.69) is 0 Å². The third-order valence-corrected chi connectivity index (χ3v) is 2.91. The number of hydrogen-bond acceptors (Lipinski definition) is 2. The van der Waals surface area contributed by atoms with Gasteiger partial charge in [0.1, 0.15) is 0 Å². The minimum Gasteiger partial charge on any atom is -0.550 e. The summed E-state index contributed by atoms with van der Waals surface area (Å²) in [5.41, 5.74) is 3.69. The number of rotatable bonds is 0. The Morgan fingerprint density at radius 3 is 1.71 bits per heavy atom. The molecule has 0 aromatic rings. The first-order chi connectivity index (χ1) is 6.70. The third-order valence-electron chi connectivity index (χ3n) is 2.91.